The minimum atomic E-state index is -0.333. The number of imidazole rings is 1. The first-order valence-electron chi connectivity index (χ1n) is 8.69. The Balaban J connectivity index is 2.00. The van der Waals surface area contributed by atoms with Crippen LogP contribution in [0.15, 0.2) is 36.4 Å². The lowest BCUT2D eigenvalue weighted by atomic mass is 10.1. The third kappa shape index (κ3) is 3.53. The molecule has 1 heterocycles. The number of ether oxygens (including phenoxy) is 3. The van der Waals surface area contributed by atoms with E-state index in [1.54, 1.807) is 12.1 Å². The van der Waals surface area contributed by atoms with Crippen molar-refractivity contribution in [2.75, 3.05) is 26.6 Å². The Hall–Kier alpha value is -3.22. The van der Waals surface area contributed by atoms with E-state index in [9.17, 15) is 4.79 Å². The molecular formula is C20H23N3O4. The highest BCUT2D eigenvalue weighted by Crippen LogP contribution is 2.35. The van der Waals surface area contributed by atoms with Crippen LogP contribution in [0.4, 0.5) is 5.95 Å². The number of nitrogens with one attached hydrogen (secondary N) is 1. The number of nitrogens with zero attached hydrogens (tertiary/aromatic N) is 2. The lowest BCUT2D eigenvalue weighted by Crippen LogP contribution is -2.17. The first-order valence-corrected chi connectivity index (χ1v) is 8.69. The van der Waals surface area contributed by atoms with E-state index in [2.05, 4.69) is 17.2 Å². The van der Waals surface area contributed by atoms with Crippen molar-refractivity contribution in [3.8, 4) is 17.2 Å². The standard InChI is InChI=1S/C20H23N3O4/c1-5-10-23-15-9-7-6-8-14(15)21-20(23)22-19(24)13-11-17(26-3)18(27-4)12-16(13)25-2/h6-9,11-12H,5,10H2,1-4H3,(H,21,22,24). The Morgan fingerprint density at radius 1 is 1.04 bits per heavy atom. The average molecular weight is 369 g/mol. The summed E-state index contributed by atoms with van der Waals surface area (Å²) in [6.45, 7) is 2.83. The maximum atomic E-state index is 13.0. The predicted octanol–water partition coefficient (Wildman–Crippen LogP) is 3.72. The highest BCUT2D eigenvalue weighted by molar-refractivity contribution is 6.06. The molecule has 2 aromatic carbocycles. The van der Waals surface area contributed by atoms with Gasteiger partial charge in [0, 0.05) is 18.7 Å². The van der Waals surface area contributed by atoms with Crippen LogP contribution < -0.4 is 19.5 Å². The first-order chi connectivity index (χ1) is 13.1. The summed E-state index contributed by atoms with van der Waals surface area (Å²) < 4.78 is 17.9. The fraction of sp³-hybridized carbons (Fsp3) is 0.300. The number of rotatable bonds is 7. The molecule has 1 amide bonds. The SMILES string of the molecule is CCCn1c(NC(=O)c2cc(OC)c(OC)cc2OC)nc2ccccc21. The summed E-state index contributed by atoms with van der Waals surface area (Å²) in [6, 6.07) is 11.0. The van der Waals surface area contributed by atoms with Crippen LogP contribution in [0.2, 0.25) is 0 Å². The van der Waals surface area contributed by atoms with Crippen molar-refractivity contribution in [3.05, 3.63) is 42.0 Å². The molecule has 0 saturated heterocycles. The van der Waals surface area contributed by atoms with Crippen LogP contribution in [-0.2, 0) is 6.54 Å². The maximum absolute atomic E-state index is 13.0. The van der Waals surface area contributed by atoms with E-state index in [1.807, 2.05) is 28.8 Å². The number of aryl methyl sites for hydroxylation is 1. The molecule has 0 radical (unpaired) electrons. The topological polar surface area (TPSA) is 74.6 Å². The number of para-hydroxylation sites is 2. The molecule has 27 heavy (non-hydrogen) atoms. The summed E-state index contributed by atoms with van der Waals surface area (Å²) in [4.78, 5) is 17.5. The number of hydrogen-bond donors (Lipinski definition) is 1. The third-order valence-electron chi connectivity index (χ3n) is 4.28. The van der Waals surface area contributed by atoms with Gasteiger partial charge >= 0.3 is 0 Å². The molecule has 1 aromatic heterocycles. The monoisotopic (exact) mass is 369 g/mol. The molecule has 3 rings (SSSR count). The van der Waals surface area contributed by atoms with Gasteiger partial charge in [0.15, 0.2) is 11.5 Å². The molecule has 0 atom stereocenters. The van der Waals surface area contributed by atoms with Crippen molar-refractivity contribution in [3.63, 3.8) is 0 Å². The van der Waals surface area contributed by atoms with E-state index < -0.39 is 0 Å². The van der Waals surface area contributed by atoms with E-state index in [0.29, 0.717) is 28.8 Å². The molecule has 142 valence electrons. The number of amides is 1. The van der Waals surface area contributed by atoms with Gasteiger partial charge in [0.1, 0.15) is 5.75 Å². The molecule has 0 aliphatic carbocycles. The maximum Gasteiger partial charge on any atom is 0.261 e. The zero-order valence-corrected chi connectivity index (χ0v) is 15.9. The van der Waals surface area contributed by atoms with E-state index in [-0.39, 0.29) is 5.91 Å². The Morgan fingerprint density at radius 2 is 1.70 bits per heavy atom. The van der Waals surface area contributed by atoms with Gasteiger partial charge in [-0.15, -0.1) is 0 Å². The number of carbonyl (C=O) groups is 1. The largest absolute Gasteiger partial charge is 0.496 e. The summed E-state index contributed by atoms with van der Waals surface area (Å²) in [5, 5.41) is 2.90. The highest BCUT2D eigenvalue weighted by Gasteiger charge is 2.20. The minimum Gasteiger partial charge on any atom is -0.496 e. The molecule has 0 unspecified atom stereocenters. The van der Waals surface area contributed by atoms with Gasteiger partial charge in [-0.25, -0.2) is 4.98 Å². The summed E-state index contributed by atoms with van der Waals surface area (Å²) in [6.07, 6.45) is 0.920. The fourth-order valence-electron chi connectivity index (χ4n) is 3.00. The Morgan fingerprint density at radius 3 is 2.37 bits per heavy atom. The van der Waals surface area contributed by atoms with Gasteiger partial charge in [0.25, 0.3) is 5.91 Å². The molecule has 0 aliphatic heterocycles. The number of benzene rings is 2. The third-order valence-corrected chi connectivity index (χ3v) is 4.28. The minimum absolute atomic E-state index is 0.333. The average Bonchev–Trinajstić information content (AvgIpc) is 3.04. The molecule has 0 fully saturated rings. The van der Waals surface area contributed by atoms with Gasteiger partial charge < -0.3 is 18.8 Å². The van der Waals surface area contributed by atoms with Crippen molar-refractivity contribution in [2.45, 2.75) is 19.9 Å². The van der Waals surface area contributed by atoms with Gasteiger partial charge in [-0.3, -0.25) is 10.1 Å². The number of fused-ring (bicyclic) bond motifs is 1. The van der Waals surface area contributed by atoms with Gasteiger partial charge in [-0.2, -0.15) is 0 Å². The molecule has 3 aromatic rings. The quantitative estimate of drug-likeness (QED) is 0.687. The van der Waals surface area contributed by atoms with Crippen LogP contribution in [0, 0.1) is 0 Å². The highest BCUT2D eigenvalue weighted by atomic mass is 16.5. The second-order valence-corrected chi connectivity index (χ2v) is 5.94. The molecule has 0 aliphatic rings. The van der Waals surface area contributed by atoms with Gasteiger partial charge in [-0.05, 0) is 18.6 Å². The fourth-order valence-corrected chi connectivity index (χ4v) is 3.00. The Labute approximate surface area is 157 Å². The molecule has 7 nitrogen and oxygen atoms in total. The first kappa shape index (κ1) is 18.6. The summed E-state index contributed by atoms with van der Waals surface area (Å²) in [5.41, 5.74) is 2.15. The van der Waals surface area contributed by atoms with E-state index in [4.69, 9.17) is 14.2 Å². The van der Waals surface area contributed by atoms with Crippen LogP contribution in [0.1, 0.15) is 23.7 Å². The van der Waals surface area contributed by atoms with Crippen LogP contribution in [0.25, 0.3) is 11.0 Å². The molecule has 0 saturated carbocycles. The van der Waals surface area contributed by atoms with Gasteiger partial charge in [-0.1, -0.05) is 19.1 Å². The molecule has 0 bridgehead atoms. The number of methoxy groups -OCH3 is 3. The number of anilines is 1. The zero-order chi connectivity index (χ0) is 19.4. The van der Waals surface area contributed by atoms with Gasteiger partial charge in [0.2, 0.25) is 5.95 Å². The van der Waals surface area contributed by atoms with Crippen LogP contribution in [0.3, 0.4) is 0 Å². The molecule has 0 spiro atoms. The zero-order valence-electron chi connectivity index (χ0n) is 15.9. The second kappa shape index (κ2) is 7.99. The number of hydrogen-bond acceptors (Lipinski definition) is 5. The van der Waals surface area contributed by atoms with Crippen molar-refractivity contribution in [1.82, 2.24) is 9.55 Å². The van der Waals surface area contributed by atoms with Crippen molar-refractivity contribution >= 4 is 22.9 Å². The van der Waals surface area contributed by atoms with Gasteiger partial charge in [0.05, 0.1) is 37.9 Å². The summed E-state index contributed by atoms with van der Waals surface area (Å²) in [7, 11) is 4.56. The second-order valence-electron chi connectivity index (χ2n) is 5.94. The van der Waals surface area contributed by atoms with E-state index in [0.717, 1.165) is 24.0 Å². The predicted molar refractivity (Wildman–Crippen MR) is 104 cm³/mol. The summed E-state index contributed by atoms with van der Waals surface area (Å²) >= 11 is 0. The van der Waals surface area contributed by atoms with Crippen molar-refractivity contribution in [1.29, 1.82) is 0 Å². The lowest BCUT2D eigenvalue weighted by Gasteiger charge is -2.14. The lowest BCUT2D eigenvalue weighted by molar-refractivity contribution is 0.102. The number of aromatic nitrogens is 2. The summed E-state index contributed by atoms with van der Waals surface area (Å²) in [5.74, 6) is 1.50. The molecule has 1 N–H and O–H groups in total. The Bertz CT molecular complexity index is 965. The van der Waals surface area contributed by atoms with Crippen LogP contribution in [-0.4, -0.2) is 36.8 Å². The van der Waals surface area contributed by atoms with E-state index >= 15 is 0 Å². The van der Waals surface area contributed by atoms with Crippen molar-refractivity contribution < 1.29 is 19.0 Å². The smallest absolute Gasteiger partial charge is 0.261 e. The van der Waals surface area contributed by atoms with Crippen LogP contribution in [0.5, 0.6) is 17.2 Å². The van der Waals surface area contributed by atoms with Crippen molar-refractivity contribution in [2.24, 2.45) is 0 Å². The number of carbonyl (C=O) groups excluding carboxylic acids is 1. The molecule has 7 heteroatoms. The normalized spacial score (nSPS) is 10.7. The van der Waals surface area contributed by atoms with Crippen LogP contribution >= 0.6 is 0 Å². The molecular weight excluding hydrogens is 346 g/mol. The Kier molecular flexibility index (Phi) is 5.49. The van der Waals surface area contributed by atoms with E-state index in [1.165, 1.54) is 21.3 Å².